The average molecular weight is 313 g/mol. The van der Waals surface area contributed by atoms with Gasteiger partial charge < -0.3 is 10.2 Å². The third-order valence-corrected chi connectivity index (χ3v) is 5.56. The summed E-state index contributed by atoms with van der Waals surface area (Å²) in [5.41, 5.74) is 1.00. The summed E-state index contributed by atoms with van der Waals surface area (Å²) in [5, 5.41) is 18.7. The Morgan fingerprint density at radius 1 is 1.29 bits per heavy atom. The van der Waals surface area contributed by atoms with Crippen molar-refractivity contribution in [3.8, 4) is 0 Å². The molecule has 0 saturated carbocycles. The molecule has 2 atom stereocenters. The number of carbonyl (C=O) groups is 1. The number of nitrogens with zero attached hydrogens (tertiary/aromatic N) is 1. The maximum Gasteiger partial charge on any atom is 0.322 e. The number of hydrogen-bond acceptors (Lipinski definition) is 4. The summed E-state index contributed by atoms with van der Waals surface area (Å²) in [5.74, 6) is -0.962. The van der Waals surface area contributed by atoms with Crippen molar-refractivity contribution in [2.45, 2.75) is 43.2 Å². The predicted molar refractivity (Wildman–Crippen MR) is 76.5 cm³/mol. The van der Waals surface area contributed by atoms with Crippen molar-refractivity contribution in [2.24, 2.45) is 0 Å². The first-order valence-corrected chi connectivity index (χ1v) is 8.20. The Bertz CT molecular complexity index is 623. The normalized spacial score (nSPS) is 23.6. The van der Waals surface area contributed by atoms with Crippen molar-refractivity contribution in [1.82, 2.24) is 4.31 Å². The minimum absolute atomic E-state index is 0.0484. The van der Waals surface area contributed by atoms with Crippen LogP contribution in [0.15, 0.2) is 29.2 Å². The topological polar surface area (TPSA) is 94.9 Å². The molecule has 2 N–H and O–H groups in total. The van der Waals surface area contributed by atoms with E-state index in [0.717, 1.165) is 9.87 Å². The van der Waals surface area contributed by atoms with Crippen LogP contribution in [0.5, 0.6) is 0 Å². The summed E-state index contributed by atoms with van der Waals surface area (Å²) >= 11 is 0. The minimum atomic E-state index is -3.92. The zero-order chi connectivity index (χ0) is 15.8. The van der Waals surface area contributed by atoms with Gasteiger partial charge in [-0.1, -0.05) is 26.0 Å². The van der Waals surface area contributed by atoms with Crippen LogP contribution in [-0.4, -0.2) is 47.6 Å². The van der Waals surface area contributed by atoms with Crippen molar-refractivity contribution in [3.05, 3.63) is 29.8 Å². The molecular weight excluding hydrogens is 294 g/mol. The predicted octanol–water partition coefficient (Wildman–Crippen LogP) is 1.02. The van der Waals surface area contributed by atoms with Crippen molar-refractivity contribution in [3.63, 3.8) is 0 Å². The highest BCUT2D eigenvalue weighted by atomic mass is 32.2. The van der Waals surface area contributed by atoms with E-state index in [1.165, 1.54) is 12.1 Å². The molecule has 2 rings (SSSR count). The van der Waals surface area contributed by atoms with E-state index < -0.39 is 28.1 Å². The van der Waals surface area contributed by atoms with Gasteiger partial charge in [0.05, 0.1) is 11.0 Å². The first-order chi connectivity index (χ1) is 9.73. The standard InChI is InChI=1S/C14H19NO5S/c1-9(2)10-3-5-12(6-4-10)21(19,20)15-8-11(16)7-13(15)14(17)18/h3-6,9,11,13,16H,7-8H2,1-2H3,(H,17,18)/t11-,13+/m1/s1. The molecule has 1 saturated heterocycles. The lowest BCUT2D eigenvalue weighted by Gasteiger charge is -2.21. The number of benzene rings is 1. The lowest BCUT2D eigenvalue weighted by atomic mass is 10.0. The van der Waals surface area contributed by atoms with Gasteiger partial charge in [0.2, 0.25) is 10.0 Å². The lowest BCUT2D eigenvalue weighted by molar-refractivity contribution is -0.140. The summed E-state index contributed by atoms with van der Waals surface area (Å²) in [7, 11) is -3.92. The number of aliphatic hydroxyl groups excluding tert-OH is 1. The van der Waals surface area contributed by atoms with Gasteiger partial charge in [0.1, 0.15) is 6.04 Å². The summed E-state index contributed by atoms with van der Waals surface area (Å²) in [6, 6.07) is 5.19. The maximum atomic E-state index is 12.5. The van der Waals surface area contributed by atoms with Gasteiger partial charge in [-0.3, -0.25) is 4.79 Å². The number of aliphatic hydroxyl groups is 1. The Morgan fingerprint density at radius 3 is 2.33 bits per heavy atom. The molecule has 6 nitrogen and oxygen atoms in total. The molecule has 116 valence electrons. The van der Waals surface area contributed by atoms with E-state index in [4.69, 9.17) is 5.11 Å². The number of sulfonamides is 1. The van der Waals surface area contributed by atoms with E-state index >= 15 is 0 Å². The lowest BCUT2D eigenvalue weighted by Crippen LogP contribution is -2.40. The smallest absolute Gasteiger partial charge is 0.322 e. The van der Waals surface area contributed by atoms with Gasteiger partial charge in [-0.05, 0) is 23.6 Å². The number of β-amino-alcohol motifs (C(OH)–C–C–N with tert-alkyl or cyclic N) is 1. The molecule has 0 radical (unpaired) electrons. The van der Waals surface area contributed by atoms with Gasteiger partial charge >= 0.3 is 5.97 Å². The van der Waals surface area contributed by atoms with Crippen LogP contribution in [0.3, 0.4) is 0 Å². The second-order valence-corrected chi connectivity index (χ2v) is 7.43. The van der Waals surface area contributed by atoms with E-state index in [1.54, 1.807) is 12.1 Å². The largest absolute Gasteiger partial charge is 0.480 e. The first-order valence-electron chi connectivity index (χ1n) is 6.76. The summed E-state index contributed by atoms with van der Waals surface area (Å²) < 4.78 is 25.9. The molecule has 1 heterocycles. The summed E-state index contributed by atoms with van der Waals surface area (Å²) in [6.07, 6.45) is -1.03. The highest BCUT2D eigenvalue weighted by molar-refractivity contribution is 7.89. The summed E-state index contributed by atoms with van der Waals surface area (Å²) in [6.45, 7) is 3.81. The Kier molecular flexibility index (Phi) is 4.36. The van der Waals surface area contributed by atoms with Crippen molar-refractivity contribution in [2.75, 3.05) is 6.54 Å². The van der Waals surface area contributed by atoms with E-state index in [9.17, 15) is 18.3 Å². The Balaban J connectivity index is 2.35. The molecule has 1 fully saturated rings. The van der Waals surface area contributed by atoms with Crippen molar-refractivity contribution >= 4 is 16.0 Å². The van der Waals surface area contributed by atoms with Crippen LogP contribution in [0.1, 0.15) is 31.7 Å². The van der Waals surface area contributed by atoms with E-state index in [0.29, 0.717) is 0 Å². The Hall–Kier alpha value is -1.44. The quantitative estimate of drug-likeness (QED) is 0.865. The molecule has 1 aromatic carbocycles. The van der Waals surface area contributed by atoms with Crippen LogP contribution < -0.4 is 0 Å². The highest BCUT2D eigenvalue weighted by Gasteiger charge is 2.43. The SMILES string of the molecule is CC(C)c1ccc(S(=O)(=O)N2C[C@H](O)C[C@H]2C(=O)O)cc1. The van der Waals surface area contributed by atoms with Crippen LogP contribution in [0.25, 0.3) is 0 Å². The number of hydrogen-bond donors (Lipinski definition) is 2. The Morgan fingerprint density at radius 2 is 1.86 bits per heavy atom. The van der Waals surface area contributed by atoms with Gasteiger partial charge in [0, 0.05) is 13.0 Å². The van der Waals surface area contributed by atoms with Crippen LogP contribution in [0.2, 0.25) is 0 Å². The van der Waals surface area contributed by atoms with Gasteiger partial charge in [0.25, 0.3) is 0 Å². The Labute approximate surface area is 124 Å². The fourth-order valence-corrected chi connectivity index (χ4v) is 4.06. The molecule has 7 heteroatoms. The second kappa shape index (κ2) is 5.75. The molecule has 0 spiro atoms. The third-order valence-electron chi connectivity index (χ3n) is 3.67. The number of aliphatic carboxylic acids is 1. The summed E-state index contributed by atoms with van der Waals surface area (Å²) in [4.78, 5) is 11.2. The second-order valence-electron chi connectivity index (χ2n) is 5.54. The van der Waals surface area contributed by atoms with Gasteiger partial charge in [0.15, 0.2) is 0 Å². The number of carboxylic acids is 1. The monoisotopic (exact) mass is 313 g/mol. The minimum Gasteiger partial charge on any atom is -0.480 e. The van der Waals surface area contributed by atoms with Crippen LogP contribution in [-0.2, 0) is 14.8 Å². The van der Waals surface area contributed by atoms with Gasteiger partial charge in [-0.2, -0.15) is 4.31 Å². The number of rotatable bonds is 4. The van der Waals surface area contributed by atoms with Crippen molar-refractivity contribution in [1.29, 1.82) is 0 Å². The van der Waals surface area contributed by atoms with Crippen LogP contribution in [0.4, 0.5) is 0 Å². The van der Waals surface area contributed by atoms with Gasteiger partial charge in [-0.15, -0.1) is 0 Å². The fourth-order valence-electron chi connectivity index (χ4n) is 2.43. The first kappa shape index (κ1) is 15.9. The maximum absolute atomic E-state index is 12.5. The highest BCUT2D eigenvalue weighted by Crippen LogP contribution is 2.27. The fraction of sp³-hybridized carbons (Fsp3) is 0.500. The van der Waals surface area contributed by atoms with E-state index in [1.807, 2.05) is 13.8 Å². The van der Waals surface area contributed by atoms with Gasteiger partial charge in [-0.25, -0.2) is 8.42 Å². The van der Waals surface area contributed by atoms with E-state index in [2.05, 4.69) is 0 Å². The molecule has 0 bridgehead atoms. The molecule has 0 unspecified atom stereocenters. The van der Waals surface area contributed by atoms with Crippen LogP contribution >= 0.6 is 0 Å². The molecule has 21 heavy (non-hydrogen) atoms. The zero-order valence-electron chi connectivity index (χ0n) is 11.9. The van der Waals surface area contributed by atoms with Crippen molar-refractivity contribution < 1.29 is 23.4 Å². The molecule has 1 aliphatic rings. The molecule has 0 amide bonds. The molecular formula is C14H19NO5S. The molecule has 0 aromatic heterocycles. The van der Waals surface area contributed by atoms with E-state index in [-0.39, 0.29) is 23.8 Å². The zero-order valence-corrected chi connectivity index (χ0v) is 12.7. The van der Waals surface area contributed by atoms with Crippen LogP contribution in [0, 0.1) is 0 Å². The molecule has 1 aliphatic heterocycles. The molecule has 0 aliphatic carbocycles. The number of carboxylic acid groups (broad SMARTS) is 1. The molecule has 1 aromatic rings. The third kappa shape index (κ3) is 3.09. The average Bonchev–Trinajstić information content (AvgIpc) is 2.82.